The highest BCUT2D eigenvalue weighted by Crippen LogP contribution is 2.31. The Morgan fingerprint density at radius 1 is 1.13 bits per heavy atom. The average molecular weight is 430 g/mol. The number of morpholine rings is 1. The molecule has 2 aliphatic rings. The smallest absolute Gasteiger partial charge is 0.229 e. The number of rotatable bonds is 4. The summed E-state index contributed by atoms with van der Waals surface area (Å²) in [5, 5.41) is 19.9. The largest absolute Gasteiger partial charge is 0.388 e. The molecule has 30 heavy (non-hydrogen) atoms. The van der Waals surface area contributed by atoms with E-state index in [1.54, 1.807) is 4.68 Å². The van der Waals surface area contributed by atoms with Crippen LogP contribution in [0.5, 0.6) is 0 Å². The molecule has 10 heteroatoms. The monoisotopic (exact) mass is 429 g/mol. The number of hydrogen-bond acceptors (Lipinski definition) is 8. The molecule has 5 rings (SSSR count). The molecule has 0 spiro atoms. The summed E-state index contributed by atoms with van der Waals surface area (Å²) in [4.78, 5) is 13.9. The van der Waals surface area contributed by atoms with Gasteiger partial charge >= 0.3 is 0 Å². The van der Waals surface area contributed by atoms with Gasteiger partial charge in [0.1, 0.15) is 0 Å². The molecule has 1 aromatic carbocycles. The van der Waals surface area contributed by atoms with Crippen LogP contribution in [0, 0.1) is 0 Å². The molecule has 3 aromatic rings. The SMILES string of the molecule is C[C@]1(O)CCN(c2nc(N3CCOCC3)nc3c2nnn3Cc2ccccc2Cl)C1. The second-order valence-corrected chi connectivity index (χ2v) is 8.53. The third kappa shape index (κ3) is 3.68. The molecule has 0 aliphatic carbocycles. The summed E-state index contributed by atoms with van der Waals surface area (Å²) in [5.41, 5.74) is 1.50. The lowest BCUT2D eigenvalue weighted by Crippen LogP contribution is -2.38. The maximum absolute atomic E-state index is 10.5. The highest BCUT2D eigenvalue weighted by atomic mass is 35.5. The Labute approximate surface area is 179 Å². The topological polar surface area (TPSA) is 92.4 Å². The maximum atomic E-state index is 10.5. The van der Waals surface area contributed by atoms with Crippen LogP contribution in [-0.2, 0) is 11.3 Å². The summed E-state index contributed by atoms with van der Waals surface area (Å²) in [7, 11) is 0. The van der Waals surface area contributed by atoms with Crippen molar-refractivity contribution in [2.24, 2.45) is 0 Å². The number of aromatic nitrogens is 5. The van der Waals surface area contributed by atoms with E-state index in [1.807, 2.05) is 31.2 Å². The van der Waals surface area contributed by atoms with Crippen molar-refractivity contribution >= 4 is 34.5 Å². The van der Waals surface area contributed by atoms with Crippen LogP contribution in [0.15, 0.2) is 24.3 Å². The summed E-state index contributed by atoms with van der Waals surface area (Å²) in [5.74, 6) is 1.35. The Kier molecular flexibility index (Phi) is 4.96. The van der Waals surface area contributed by atoms with Crippen LogP contribution in [-0.4, -0.2) is 75.1 Å². The van der Waals surface area contributed by atoms with E-state index in [1.165, 1.54) is 0 Å². The summed E-state index contributed by atoms with van der Waals surface area (Å²) >= 11 is 6.36. The van der Waals surface area contributed by atoms with Gasteiger partial charge in [0.25, 0.3) is 0 Å². The molecule has 0 unspecified atom stereocenters. The lowest BCUT2D eigenvalue weighted by Gasteiger charge is -2.28. The van der Waals surface area contributed by atoms with Gasteiger partial charge in [-0.1, -0.05) is 35.0 Å². The zero-order valence-electron chi connectivity index (χ0n) is 16.8. The van der Waals surface area contributed by atoms with E-state index >= 15 is 0 Å². The van der Waals surface area contributed by atoms with Crippen LogP contribution in [0.2, 0.25) is 5.02 Å². The van der Waals surface area contributed by atoms with Gasteiger partial charge in [-0.15, -0.1) is 5.10 Å². The average Bonchev–Trinajstić information content (AvgIpc) is 3.32. The fourth-order valence-corrected chi connectivity index (χ4v) is 4.17. The third-order valence-electron chi connectivity index (χ3n) is 5.66. The lowest BCUT2D eigenvalue weighted by molar-refractivity contribution is 0.0839. The molecule has 2 saturated heterocycles. The number of benzene rings is 1. The zero-order valence-corrected chi connectivity index (χ0v) is 17.6. The molecule has 158 valence electrons. The summed E-state index contributed by atoms with van der Waals surface area (Å²) in [6.07, 6.45) is 0.680. The molecule has 2 aromatic heterocycles. The number of hydrogen-bond donors (Lipinski definition) is 1. The van der Waals surface area contributed by atoms with Crippen LogP contribution < -0.4 is 9.80 Å². The van der Waals surface area contributed by atoms with Gasteiger partial charge in [-0.2, -0.15) is 9.97 Å². The number of nitrogens with zero attached hydrogens (tertiary/aromatic N) is 7. The van der Waals surface area contributed by atoms with Crippen molar-refractivity contribution in [3.63, 3.8) is 0 Å². The molecule has 0 amide bonds. The van der Waals surface area contributed by atoms with Gasteiger partial charge in [0, 0.05) is 31.2 Å². The van der Waals surface area contributed by atoms with Gasteiger partial charge in [0.2, 0.25) is 5.95 Å². The number of halogens is 1. The first-order valence-corrected chi connectivity index (χ1v) is 10.5. The number of ether oxygens (including phenoxy) is 1. The Hall–Kier alpha value is -2.49. The lowest BCUT2D eigenvalue weighted by atomic mass is 10.1. The minimum Gasteiger partial charge on any atom is -0.388 e. The van der Waals surface area contributed by atoms with Gasteiger partial charge in [-0.05, 0) is 25.0 Å². The van der Waals surface area contributed by atoms with Gasteiger partial charge in [-0.3, -0.25) is 0 Å². The van der Waals surface area contributed by atoms with Crippen LogP contribution in [0.1, 0.15) is 18.9 Å². The first-order chi connectivity index (χ1) is 14.5. The van der Waals surface area contributed by atoms with E-state index in [-0.39, 0.29) is 0 Å². The van der Waals surface area contributed by atoms with Crippen molar-refractivity contribution < 1.29 is 9.84 Å². The molecular weight excluding hydrogens is 406 g/mol. The molecule has 1 atom stereocenters. The summed E-state index contributed by atoms with van der Waals surface area (Å²) in [6.45, 7) is 6.27. The Morgan fingerprint density at radius 3 is 2.67 bits per heavy atom. The predicted octanol–water partition coefficient (Wildman–Crippen LogP) is 1.72. The van der Waals surface area contributed by atoms with E-state index in [0.717, 1.165) is 18.7 Å². The molecule has 2 aliphatic heterocycles. The van der Waals surface area contributed by atoms with Crippen LogP contribution in [0.4, 0.5) is 11.8 Å². The number of anilines is 2. The van der Waals surface area contributed by atoms with Gasteiger partial charge in [0.05, 0.1) is 25.4 Å². The third-order valence-corrected chi connectivity index (χ3v) is 6.02. The fraction of sp³-hybridized carbons (Fsp3) is 0.500. The molecule has 0 saturated carbocycles. The molecule has 0 radical (unpaired) electrons. The number of β-amino-alcohol motifs (C(OH)–C–C–N with tert-alkyl or cyclic N) is 1. The molecule has 4 heterocycles. The second kappa shape index (κ2) is 7.64. The van der Waals surface area contributed by atoms with Crippen LogP contribution >= 0.6 is 11.6 Å². The summed E-state index contributed by atoms with van der Waals surface area (Å²) in [6, 6.07) is 7.69. The first-order valence-electron chi connectivity index (χ1n) is 10.1. The zero-order chi connectivity index (χ0) is 20.7. The van der Waals surface area contributed by atoms with Crippen LogP contribution in [0.3, 0.4) is 0 Å². The van der Waals surface area contributed by atoms with Gasteiger partial charge in [0.15, 0.2) is 17.0 Å². The second-order valence-electron chi connectivity index (χ2n) is 8.13. The highest BCUT2D eigenvalue weighted by Gasteiger charge is 2.34. The standard InChI is InChI=1S/C20H24ClN7O2/c1-20(29)6-7-27(13-20)17-16-18(23-19(22-17)26-8-10-30-11-9-26)28(25-24-16)12-14-4-2-3-5-15(14)21/h2-5,29H,6-13H2,1H3/t20-/m0/s1. The minimum atomic E-state index is -0.746. The Balaban J connectivity index is 1.59. The molecule has 2 fully saturated rings. The number of fused-ring (bicyclic) bond motifs is 1. The Morgan fingerprint density at radius 2 is 1.93 bits per heavy atom. The van der Waals surface area contributed by atoms with Gasteiger partial charge < -0.3 is 19.6 Å². The van der Waals surface area contributed by atoms with Gasteiger partial charge in [-0.25, -0.2) is 4.68 Å². The maximum Gasteiger partial charge on any atom is 0.229 e. The van der Waals surface area contributed by atoms with Crippen molar-refractivity contribution in [2.75, 3.05) is 49.2 Å². The minimum absolute atomic E-state index is 0.465. The summed E-state index contributed by atoms with van der Waals surface area (Å²) < 4.78 is 7.25. The van der Waals surface area contributed by atoms with Crippen molar-refractivity contribution in [2.45, 2.75) is 25.5 Å². The van der Waals surface area contributed by atoms with Crippen LogP contribution in [0.25, 0.3) is 11.2 Å². The molecule has 9 nitrogen and oxygen atoms in total. The number of aliphatic hydroxyl groups is 1. The van der Waals surface area contributed by atoms with E-state index < -0.39 is 5.60 Å². The fourth-order valence-electron chi connectivity index (χ4n) is 3.98. The molecule has 1 N–H and O–H groups in total. The quantitative estimate of drug-likeness (QED) is 0.670. The van der Waals surface area contributed by atoms with Crippen molar-refractivity contribution in [3.8, 4) is 0 Å². The normalized spacial score (nSPS) is 22.2. The van der Waals surface area contributed by atoms with E-state index in [0.29, 0.717) is 67.2 Å². The highest BCUT2D eigenvalue weighted by molar-refractivity contribution is 6.31. The van der Waals surface area contributed by atoms with E-state index in [9.17, 15) is 5.11 Å². The van der Waals surface area contributed by atoms with Crippen molar-refractivity contribution in [1.82, 2.24) is 25.0 Å². The predicted molar refractivity (Wildman–Crippen MR) is 114 cm³/mol. The molecule has 0 bridgehead atoms. The van der Waals surface area contributed by atoms with E-state index in [4.69, 9.17) is 26.3 Å². The van der Waals surface area contributed by atoms with Crippen molar-refractivity contribution in [1.29, 1.82) is 0 Å². The van der Waals surface area contributed by atoms with E-state index in [2.05, 4.69) is 20.1 Å². The molecular formula is C20H24ClN7O2. The first kappa shape index (κ1) is 19.5. The Bertz CT molecular complexity index is 1060. The van der Waals surface area contributed by atoms with Crippen molar-refractivity contribution in [3.05, 3.63) is 34.9 Å².